The molecule has 29 heavy (non-hydrogen) atoms. The third-order valence-corrected chi connectivity index (χ3v) is 6.27. The lowest BCUT2D eigenvalue weighted by molar-refractivity contribution is -0.135. The van der Waals surface area contributed by atoms with Gasteiger partial charge in [0.15, 0.2) is 0 Å². The number of aryl methyl sites for hydroxylation is 1. The van der Waals surface area contributed by atoms with E-state index in [-0.39, 0.29) is 17.9 Å². The van der Waals surface area contributed by atoms with E-state index in [9.17, 15) is 4.79 Å². The molecule has 3 atom stereocenters. The maximum absolute atomic E-state index is 12.9. The fourth-order valence-electron chi connectivity index (χ4n) is 4.55. The summed E-state index contributed by atoms with van der Waals surface area (Å²) in [5.74, 6) is 1.34. The van der Waals surface area contributed by atoms with Crippen molar-refractivity contribution in [2.24, 2.45) is 18.9 Å². The van der Waals surface area contributed by atoms with Crippen LogP contribution in [0.1, 0.15) is 36.8 Å². The van der Waals surface area contributed by atoms with Crippen LogP contribution < -0.4 is 5.32 Å². The molecule has 156 valence electrons. The van der Waals surface area contributed by atoms with E-state index in [0.717, 1.165) is 57.7 Å². The Morgan fingerprint density at radius 1 is 1.28 bits per heavy atom. The first-order valence-electron chi connectivity index (χ1n) is 10.8. The van der Waals surface area contributed by atoms with E-state index >= 15 is 0 Å². The standard InChI is InChI=1S/C23H32N4O2/c1-26-14-11-24-22(26)21-20(8-5-15-29-21)23(28)25-16-19-10-13-27(17-19)12-9-18-6-3-2-4-7-18/h2-4,6-7,11,14,19-21H,5,8-10,12-13,15-17H2,1H3,(H,25,28)/t19?,20-,21-/m1/s1. The first-order valence-corrected chi connectivity index (χ1v) is 10.8. The van der Waals surface area contributed by atoms with Gasteiger partial charge in [0.25, 0.3) is 0 Å². The largest absolute Gasteiger partial charge is 0.369 e. The van der Waals surface area contributed by atoms with Crippen molar-refractivity contribution in [3.63, 3.8) is 0 Å². The molecular weight excluding hydrogens is 364 g/mol. The van der Waals surface area contributed by atoms with Crippen LogP contribution >= 0.6 is 0 Å². The van der Waals surface area contributed by atoms with Gasteiger partial charge in [-0.1, -0.05) is 30.3 Å². The molecule has 0 saturated carbocycles. The molecule has 6 heteroatoms. The predicted molar refractivity (Wildman–Crippen MR) is 112 cm³/mol. The van der Waals surface area contributed by atoms with Crippen LogP contribution in [0.4, 0.5) is 0 Å². The molecule has 0 bridgehead atoms. The average molecular weight is 397 g/mol. The maximum atomic E-state index is 12.9. The van der Waals surface area contributed by atoms with Crippen LogP contribution in [0.25, 0.3) is 0 Å². The van der Waals surface area contributed by atoms with E-state index in [1.54, 1.807) is 6.20 Å². The van der Waals surface area contributed by atoms with Crippen molar-refractivity contribution < 1.29 is 9.53 Å². The van der Waals surface area contributed by atoms with Crippen LogP contribution in [-0.4, -0.2) is 53.1 Å². The summed E-state index contributed by atoms with van der Waals surface area (Å²) in [6, 6.07) is 10.7. The minimum absolute atomic E-state index is 0.112. The molecule has 6 nitrogen and oxygen atoms in total. The normalized spacial score (nSPS) is 25.2. The molecule has 2 fully saturated rings. The zero-order valence-electron chi connectivity index (χ0n) is 17.3. The number of imidazole rings is 1. The Bertz CT molecular complexity index is 791. The van der Waals surface area contributed by atoms with E-state index in [4.69, 9.17) is 4.74 Å². The van der Waals surface area contributed by atoms with Crippen molar-refractivity contribution in [2.45, 2.75) is 31.8 Å². The molecule has 0 aliphatic carbocycles. The molecule has 4 rings (SSSR count). The molecule has 1 aromatic carbocycles. The van der Waals surface area contributed by atoms with Crippen molar-refractivity contribution in [2.75, 3.05) is 32.8 Å². The lowest BCUT2D eigenvalue weighted by Crippen LogP contribution is -2.40. The van der Waals surface area contributed by atoms with Gasteiger partial charge in [-0.05, 0) is 43.7 Å². The third-order valence-electron chi connectivity index (χ3n) is 6.27. The van der Waals surface area contributed by atoms with Crippen molar-refractivity contribution in [3.8, 4) is 0 Å². The number of rotatable bonds is 7. The monoisotopic (exact) mass is 396 g/mol. The highest BCUT2D eigenvalue weighted by atomic mass is 16.5. The van der Waals surface area contributed by atoms with Gasteiger partial charge in [-0.3, -0.25) is 4.79 Å². The number of carbonyl (C=O) groups is 1. The summed E-state index contributed by atoms with van der Waals surface area (Å²) in [6.07, 6.45) is 7.46. The van der Waals surface area contributed by atoms with Crippen molar-refractivity contribution >= 4 is 5.91 Å². The summed E-state index contributed by atoms with van der Waals surface area (Å²) in [4.78, 5) is 19.9. The second-order valence-corrected chi connectivity index (χ2v) is 8.37. The predicted octanol–water partition coefficient (Wildman–Crippen LogP) is 2.57. The quantitative estimate of drug-likeness (QED) is 0.782. The number of hydrogen-bond donors (Lipinski definition) is 1. The Hall–Kier alpha value is -2.18. The Labute approximate surface area is 173 Å². The first-order chi connectivity index (χ1) is 14.2. The second kappa shape index (κ2) is 9.55. The van der Waals surface area contributed by atoms with Crippen LogP contribution in [-0.2, 0) is 23.0 Å². The van der Waals surface area contributed by atoms with Crippen LogP contribution in [0.2, 0.25) is 0 Å². The number of likely N-dealkylation sites (tertiary alicyclic amines) is 1. The van der Waals surface area contributed by atoms with Crippen LogP contribution in [0.3, 0.4) is 0 Å². The molecule has 1 unspecified atom stereocenters. The molecule has 2 aliphatic rings. The number of benzene rings is 1. The number of aromatic nitrogens is 2. The van der Waals surface area contributed by atoms with Crippen molar-refractivity contribution in [3.05, 3.63) is 54.1 Å². The summed E-state index contributed by atoms with van der Waals surface area (Å²) in [5.41, 5.74) is 1.39. The minimum Gasteiger partial charge on any atom is -0.369 e. The Kier molecular flexibility index (Phi) is 6.62. The van der Waals surface area contributed by atoms with E-state index < -0.39 is 0 Å². The van der Waals surface area contributed by atoms with Gasteiger partial charge < -0.3 is 19.5 Å². The van der Waals surface area contributed by atoms with E-state index in [2.05, 4.69) is 45.5 Å². The molecular formula is C23H32N4O2. The summed E-state index contributed by atoms with van der Waals surface area (Å²) in [7, 11) is 1.96. The van der Waals surface area contributed by atoms with Crippen LogP contribution in [0, 0.1) is 11.8 Å². The molecule has 1 N–H and O–H groups in total. The number of carbonyl (C=O) groups excluding carboxylic acids is 1. The van der Waals surface area contributed by atoms with Crippen LogP contribution in [0.5, 0.6) is 0 Å². The Balaban J connectivity index is 1.24. The highest BCUT2D eigenvalue weighted by Crippen LogP contribution is 2.32. The smallest absolute Gasteiger partial charge is 0.226 e. The molecule has 2 aromatic rings. The van der Waals surface area contributed by atoms with E-state index in [1.807, 2.05) is 17.8 Å². The van der Waals surface area contributed by atoms with Gasteiger partial charge in [-0.25, -0.2) is 4.98 Å². The molecule has 2 aliphatic heterocycles. The Morgan fingerprint density at radius 2 is 2.14 bits per heavy atom. The zero-order valence-corrected chi connectivity index (χ0v) is 17.3. The molecule has 0 spiro atoms. The zero-order chi connectivity index (χ0) is 20.1. The second-order valence-electron chi connectivity index (χ2n) is 8.37. The van der Waals surface area contributed by atoms with Crippen molar-refractivity contribution in [1.82, 2.24) is 19.8 Å². The van der Waals surface area contributed by atoms with Gasteiger partial charge in [0, 0.05) is 45.7 Å². The summed E-state index contributed by atoms with van der Waals surface area (Å²) >= 11 is 0. The lowest BCUT2D eigenvalue weighted by Gasteiger charge is -2.30. The average Bonchev–Trinajstić information content (AvgIpc) is 3.40. The highest BCUT2D eigenvalue weighted by Gasteiger charge is 2.35. The van der Waals surface area contributed by atoms with Gasteiger partial charge in [0.05, 0.1) is 5.92 Å². The number of hydrogen-bond acceptors (Lipinski definition) is 4. The topological polar surface area (TPSA) is 59.4 Å². The van der Waals surface area contributed by atoms with Gasteiger partial charge in [0.2, 0.25) is 5.91 Å². The van der Waals surface area contributed by atoms with Gasteiger partial charge in [-0.15, -0.1) is 0 Å². The fourth-order valence-corrected chi connectivity index (χ4v) is 4.55. The van der Waals surface area contributed by atoms with E-state index in [1.165, 1.54) is 5.56 Å². The Morgan fingerprint density at radius 3 is 2.93 bits per heavy atom. The number of ether oxygens (including phenoxy) is 1. The minimum atomic E-state index is -0.241. The molecule has 2 saturated heterocycles. The molecule has 0 radical (unpaired) electrons. The SMILES string of the molecule is Cn1ccnc1[C@@H]1OCCC[C@H]1C(=O)NCC1CCN(CCc2ccccc2)C1. The first kappa shape index (κ1) is 20.1. The highest BCUT2D eigenvalue weighted by molar-refractivity contribution is 5.79. The maximum Gasteiger partial charge on any atom is 0.226 e. The number of nitrogens with one attached hydrogen (secondary N) is 1. The summed E-state index contributed by atoms with van der Waals surface area (Å²) in [6.45, 7) is 4.73. The molecule has 1 amide bonds. The summed E-state index contributed by atoms with van der Waals surface area (Å²) < 4.78 is 7.90. The van der Waals surface area contributed by atoms with E-state index in [0.29, 0.717) is 12.5 Å². The lowest BCUT2D eigenvalue weighted by atomic mass is 9.92. The summed E-state index contributed by atoms with van der Waals surface area (Å²) in [5, 5.41) is 3.22. The van der Waals surface area contributed by atoms with Gasteiger partial charge in [-0.2, -0.15) is 0 Å². The van der Waals surface area contributed by atoms with Crippen molar-refractivity contribution in [1.29, 1.82) is 0 Å². The number of amides is 1. The molecule has 3 heterocycles. The van der Waals surface area contributed by atoms with Crippen LogP contribution in [0.15, 0.2) is 42.7 Å². The fraction of sp³-hybridized carbons (Fsp3) is 0.565. The third kappa shape index (κ3) is 5.06. The molecule has 1 aromatic heterocycles. The van der Waals surface area contributed by atoms with Gasteiger partial charge in [0.1, 0.15) is 11.9 Å². The van der Waals surface area contributed by atoms with Gasteiger partial charge >= 0.3 is 0 Å². The number of nitrogens with zero attached hydrogens (tertiary/aromatic N) is 3.